The number of nitrogens with zero attached hydrogens (tertiary/aromatic N) is 5. The van der Waals surface area contributed by atoms with Crippen molar-refractivity contribution in [2.45, 2.75) is 77.5 Å². The predicted molar refractivity (Wildman–Crippen MR) is 253 cm³/mol. The smallest absolute Gasteiger partial charge is 0.380 e. The number of hydrogen-bond donors (Lipinski definition) is 2. The van der Waals surface area contributed by atoms with E-state index in [1.54, 1.807) is 0 Å². The van der Waals surface area contributed by atoms with Crippen LogP contribution in [-0.2, 0) is 37.6 Å². The number of morpholine rings is 1. The third-order valence-electron chi connectivity index (χ3n) is 12.7. The van der Waals surface area contributed by atoms with Crippen LogP contribution in [0.25, 0.3) is 11.1 Å². The number of thioether (sulfide) groups is 1. The number of ether oxygens (including phenoxy) is 1. The number of likely N-dealkylation sites (tertiary alicyclic amines) is 1. The molecular weight excluding hydrogens is 931 g/mol. The summed E-state index contributed by atoms with van der Waals surface area (Å²) in [6.45, 7) is 8.23. The Bertz CT molecular complexity index is 2670. The van der Waals surface area contributed by atoms with Crippen LogP contribution in [0.4, 0.5) is 24.7 Å². The van der Waals surface area contributed by atoms with Crippen LogP contribution in [0.5, 0.6) is 0 Å². The van der Waals surface area contributed by atoms with Crippen LogP contribution in [-0.4, -0.2) is 117 Å². The number of aromatic nitrogens is 2. The number of anilines is 2. The number of sulfone groups is 1. The van der Waals surface area contributed by atoms with Crippen LogP contribution in [0.3, 0.4) is 0 Å². The van der Waals surface area contributed by atoms with Crippen LogP contribution in [0.2, 0.25) is 5.02 Å². The van der Waals surface area contributed by atoms with Gasteiger partial charge in [-0.25, -0.2) is 26.8 Å². The molecule has 12 nitrogen and oxygen atoms in total. The molecule has 3 aliphatic rings. The number of hydrogen-bond acceptors (Lipinski definition) is 12. The number of alkyl halides is 3. The molecule has 2 N–H and O–H groups in total. The second kappa shape index (κ2) is 20.9. The summed E-state index contributed by atoms with van der Waals surface area (Å²) in [4.78, 5) is 14.9. The van der Waals surface area contributed by atoms with Gasteiger partial charge in [-0.05, 0) is 91.8 Å². The summed E-state index contributed by atoms with van der Waals surface area (Å²) in [6.07, 6.45) is 4.04. The quantitative estimate of drug-likeness (QED) is 0.0915. The zero-order valence-electron chi connectivity index (χ0n) is 36.5. The average molecular weight is 985 g/mol. The van der Waals surface area contributed by atoms with Crippen molar-refractivity contribution in [3.8, 4) is 11.1 Å². The normalized spacial score (nSPS) is 18.1. The van der Waals surface area contributed by atoms with Crippen molar-refractivity contribution in [2.24, 2.45) is 0 Å². The molecule has 19 heteroatoms. The van der Waals surface area contributed by atoms with Gasteiger partial charge in [0.25, 0.3) is 19.9 Å². The van der Waals surface area contributed by atoms with E-state index in [4.69, 9.17) is 16.3 Å². The molecular formula is C47H53ClF3N7O5S3. The molecule has 66 heavy (non-hydrogen) atoms. The van der Waals surface area contributed by atoms with Gasteiger partial charge in [0.15, 0.2) is 0 Å². The van der Waals surface area contributed by atoms with Crippen molar-refractivity contribution in [2.75, 3.05) is 68.3 Å². The fourth-order valence-corrected chi connectivity index (χ4v) is 12.2. The number of halogens is 4. The maximum atomic E-state index is 14.3. The van der Waals surface area contributed by atoms with Crippen LogP contribution >= 0.6 is 23.4 Å². The van der Waals surface area contributed by atoms with Gasteiger partial charge in [0, 0.05) is 85.2 Å². The number of sulfonamides is 1. The SMILES string of the molecule is CC(c1ccccc1-c1ccc(Cl)cc1)N1CCC(N2CCc3c(ncnc3NS(=O)(=O)c3ccc(N[C@H](CCN4CCOCC4)CSc4ccccc4)c(S(=O)(=O)C(F)(F)F)c3)C2)CC1. The monoisotopic (exact) mass is 983 g/mol. The molecule has 2 fully saturated rings. The second-order valence-corrected chi connectivity index (χ2v) is 21.9. The van der Waals surface area contributed by atoms with Gasteiger partial charge < -0.3 is 10.1 Å². The van der Waals surface area contributed by atoms with Crippen molar-refractivity contribution >= 4 is 54.7 Å². The molecule has 1 aromatic heterocycles. The lowest BCUT2D eigenvalue weighted by Crippen LogP contribution is -2.47. The maximum absolute atomic E-state index is 14.3. The van der Waals surface area contributed by atoms with Gasteiger partial charge in [-0.15, -0.1) is 11.8 Å². The predicted octanol–water partition coefficient (Wildman–Crippen LogP) is 8.77. The van der Waals surface area contributed by atoms with Gasteiger partial charge in [0.05, 0.1) is 29.5 Å². The molecule has 0 spiro atoms. The molecule has 0 amide bonds. The fraction of sp³-hybridized carbons (Fsp3) is 0.404. The maximum Gasteiger partial charge on any atom is 0.501 e. The lowest BCUT2D eigenvalue weighted by molar-refractivity contribution is -0.0435. The van der Waals surface area contributed by atoms with Crippen molar-refractivity contribution in [1.29, 1.82) is 0 Å². The Kier molecular flexibility index (Phi) is 15.3. The zero-order chi connectivity index (χ0) is 46.5. The summed E-state index contributed by atoms with van der Waals surface area (Å²) < 4.78 is 105. The van der Waals surface area contributed by atoms with Gasteiger partial charge in [-0.2, -0.15) is 13.2 Å². The van der Waals surface area contributed by atoms with Crippen LogP contribution in [0.1, 0.15) is 49.0 Å². The first-order chi connectivity index (χ1) is 31.7. The lowest BCUT2D eigenvalue weighted by Gasteiger charge is -2.42. The summed E-state index contributed by atoms with van der Waals surface area (Å²) in [5, 5.41) is 3.75. The Morgan fingerprint density at radius 2 is 1.59 bits per heavy atom. The van der Waals surface area contributed by atoms with Gasteiger partial charge in [-0.1, -0.05) is 66.2 Å². The Balaban J connectivity index is 0.958. The highest BCUT2D eigenvalue weighted by Crippen LogP contribution is 2.38. The van der Waals surface area contributed by atoms with Crippen molar-refractivity contribution < 1.29 is 34.7 Å². The molecule has 2 atom stereocenters. The third kappa shape index (κ3) is 11.3. The summed E-state index contributed by atoms with van der Waals surface area (Å²) in [7, 11) is -10.6. The van der Waals surface area contributed by atoms with Crippen molar-refractivity contribution in [3.63, 3.8) is 0 Å². The van der Waals surface area contributed by atoms with Crippen LogP contribution in [0.15, 0.2) is 118 Å². The molecule has 2 saturated heterocycles. The van der Waals surface area contributed by atoms with Gasteiger partial charge in [0.1, 0.15) is 17.0 Å². The Morgan fingerprint density at radius 1 is 0.879 bits per heavy atom. The van der Waals surface area contributed by atoms with Crippen molar-refractivity contribution in [3.05, 3.63) is 125 Å². The Morgan fingerprint density at radius 3 is 2.32 bits per heavy atom. The molecule has 5 aromatic rings. The molecule has 352 valence electrons. The Hall–Kier alpha value is -4.27. The van der Waals surface area contributed by atoms with E-state index in [1.807, 2.05) is 54.6 Å². The zero-order valence-corrected chi connectivity index (χ0v) is 39.7. The summed E-state index contributed by atoms with van der Waals surface area (Å²) in [5.41, 5.74) is -1.26. The minimum atomic E-state index is -6.01. The standard InChI is InChI=1S/C47H53ClF3N7O5S3/c1-33(40-9-5-6-10-41(40)34-11-13-35(48)14-12-34)57-22-18-37(19-23-57)58-24-20-42-44(30-58)52-32-53-46(42)55-66(61,62)39-15-16-43(45(29-39)65(59,60)47(49,50)51)54-36(17-21-56-25-27-63-28-26-56)31-64-38-7-3-2-4-8-38/h2-16,29,32-33,36-37,54H,17-28,30-31H2,1H3,(H,52,53,55)/t33?,36-/m1/s1. The molecule has 8 rings (SSSR count). The highest BCUT2D eigenvalue weighted by Gasteiger charge is 2.48. The van der Waals surface area contributed by atoms with Crippen LogP contribution < -0.4 is 10.0 Å². The van der Waals surface area contributed by atoms with Crippen LogP contribution in [0, 0.1) is 0 Å². The molecule has 3 aliphatic heterocycles. The molecule has 0 aliphatic carbocycles. The number of nitrogens with one attached hydrogen (secondary N) is 2. The highest BCUT2D eigenvalue weighted by molar-refractivity contribution is 7.99. The van der Waals surface area contributed by atoms with E-state index in [2.05, 4.69) is 65.9 Å². The molecule has 1 unspecified atom stereocenters. The molecule has 0 radical (unpaired) electrons. The van der Waals surface area contributed by atoms with E-state index in [0.29, 0.717) is 86.9 Å². The molecule has 4 heterocycles. The number of piperidine rings is 1. The first-order valence-electron chi connectivity index (χ1n) is 22.0. The van der Waals surface area contributed by atoms with Crippen molar-refractivity contribution in [1.82, 2.24) is 24.7 Å². The molecule has 0 saturated carbocycles. The number of benzene rings is 4. The Labute approximate surface area is 394 Å². The first-order valence-corrected chi connectivity index (χ1v) is 26.4. The van der Waals surface area contributed by atoms with Gasteiger partial charge >= 0.3 is 5.51 Å². The summed E-state index contributed by atoms with van der Waals surface area (Å²) in [5.74, 6) is 0.406. The van der Waals surface area contributed by atoms with E-state index in [0.717, 1.165) is 48.5 Å². The summed E-state index contributed by atoms with van der Waals surface area (Å²) in [6, 6.07) is 28.6. The number of fused-ring (bicyclic) bond motifs is 1. The highest BCUT2D eigenvalue weighted by atomic mass is 35.5. The third-order valence-corrected chi connectivity index (χ3v) is 17.0. The minimum absolute atomic E-state index is 0.00573. The first kappa shape index (κ1) is 48.2. The topological polar surface area (TPSA) is 137 Å². The largest absolute Gasteiger partial charge is 0.501 e. The van der Waals surface area contributed by atoms with Gasteiger partial charge in [-0.3, -0.25) is 19.4 Å². The lowest BCUT2D eigenvalue weighted by atomic mass is 9.92. The second-order valence-electron chi connectivity index (χ2n) is 16.8. The average Bonchev–Trinajstić information content (AvgIpc) is 3.32. The van der Waals surface area contributed by atoms with Gasteiger partial charge in [0.2, 0.25) is 0 Å². The van der Waals surface area contributed by atoms with E-state index in [-0.39, 0.29) is 23.6 Å². The van der Waals surface area contributed by atoms with E-state index >= 15 is 0 Å². The molecule has 4 aromatic carbocycles. The fourth-order valence-electron chi connectivity index (χ4n) is 8.98. The van der Waals surface area contributed by atoms with E-state index in [9.17, 15) is 30.0 Å². The van der Waals surface area contributed by atoms with E-state index < -0.39 is 41.2 Å². The summed E-state index contributed by atoms with van der Waals surface area (Å²) >= 11 is 7.65. The minimum Gasteiger partial charge on any atom is -0.380 e. The molecule has 0 bridgehead atoms. The van der Waals surface area contributed by atoms with E-state index in [1.165, 1.54) is 29.2 Å². The number of rotatable bonds is 16.